The average Bonchev–Trinajstić information content (AvgIpc) is 3.04. The quantitative estimate of drug-likeness (QED) is 0.729. The van der Waals surface area contributed by atoms with Crippen LogP contribution in [0.15, 0.2) is 0 Å². The summed E-state index contributed by atoms with van der Waals surface area (Å²) in [7, 11) is 0. The molecule has 4 heteroatoms. The Bertz CT molecular complexity index is 264. The monoisotopic (exact) mass is 226 g/mol. The highest BCUT2D eigenvalue weighted by Gasteiger charge is 2.35. The second-order valence-corrected chi connectivity index (χ2v) is 5.37. The average molecular weight is 226 g/mol. The molecule has 0 bridgehead atoms. The Balaban J connectivity index is 1.90. The van der Waals surface area contributed by atoms with E-state index < -0.39 is 6.04 Å². The van der Waals surface area contributed by atoms with Crippen LogP contribution < -0.4 is 5.73 Å². The summed E-state index contributed by atoms with van der Waals surface area (Å²) in [6, 6.07) is -0.420. The number of aliphatic hydroxyl groups is 1. The van der Waals surface area contributed by atoms with Crippen LogP contribution in [0.25, 0.3) is 0 Å². The van der Waals surface area contributed by atoms with Gasteiger partial charge in [-0.1, -0.05) is 12.8 Å². The van der Waals surface area contributed by atoms with Crippen molar-refractivity contribution in [2.45, 2.75) is 44.8 Å². The fourth-order valence-electron chi connectivity index (χ4n) is 2.52. The fourth-order valence-corrected chi connectivity index (χ4v) is 2.52. The lowest BCUT2D eigenvalue weighted by Crippen LogP contribution is -2.50. The van der Waals surface area contributed by atoms with Crippen molar-refractivity contribution in [3.63, 3.8) is 0 Å². The van der Waals surface area contributed by atoms with Crippen LogP contribution >= 0.6 is 0 Å². The van der Waals surface area contributed by atoms with Crippen LogP contribution in [0.1, 0.15) is 32.6 Å². The first-order chi connectivity index (χ1) is 7.58. The van der Waals surface area contributed by atoms with Crippen LogP contribution in [0.5, 0.6) is 0 Å². The van der Waals surface area contributed by atoms with Crippen molar-refractivity contribution in [2.24, 2.45) is 17.6 Å². The number of hydrogen-bond acceptors (Lipinski definition) is 3. The number of amides is 1. The standard InChI is InChI=1S/C12H22N2O2/c1-8(13)12(16)14-5-4-11(15)10(7-14)6-9-2-3-9/h8-11,15H,2-7,13H2,1H3/t8-,10-,11-/m0/s1. The predicted octanol–water partition coefficient (Wildman–Crippen LogP) is 0.343. The first-order valence-corrected chi connectivity index (χ1v) is 6.30. The summed E-state index contributed by atoms with van der Waals surface area (Å²) in [6.07, 6.45) is 4.15. The lowest BCUT2D eigenvalue weighted by atomic mass is 9.89. The molecule has 1 saturated heterocycles. The fraction of sp³-hybridized carbons (Fsp3) is 0.917. The molecule has 1 aliphatic carbocycles. The topological polar surface area (TPSA) is 66.6 Å². The molecule has 0 spiro atoms. The third-order valence-electron chi connectivity index (χ3n) is 3.73. The van der Waals surface area contributed by atoms with Gasteiger partial charge >= 0.3 is 0 Å². The zero-order chi connectivity index (χ0) is 11.7. The molecule has 0 aromatic rings. The molecule has 0 radical (unpaired) electrons. The van der Waals surface area contributed by atoms with Crippen LogP contribution in [0, 0.1) is 11.8 Å². The van der Waals surface area contributed by atoms with E-state index in [-0.39, 0.29) is 17.9 Å². The number of likely N-dealkylation sites (tertiary alicyclic amines) is 1. The number of rotatable bonds is 3. The van der Waals surface area contributed by atoms with Gasteiger partial charge in [0.25, 0.3) is 0 Å². The number of aliphatic hydroxyl groups excluding tert-OH is 1. The maximum Gasteiger partial charge on any atom is 0.239 e. The number of nitrogens with zero attached hydrogens (tertiary/aromatic N) is 1. The molecule has 1 amide bonds. The van der Waals surface area contributed by atoms with E-state index in [0.717, 1.165) is 12.3 Å². The minimum Gasteiger partial charge on any atom is -0.393 e. The van der Waals surface area contributed by atoms with Gasteiger partial charge in [0.2, 0.25) is 5.91 Å². The summed E-state index contributed by atoms with van der Waals surface area (Å²) in [6.45, 7) is 3.07. The maximum absolute atomic E-state index is 11.8. The van der Waals surface area contributed by atoms with E-state index in [1.54, 1.807) is 6.92 Å². The summed E-state index contributed by atoms with van der Waals surface area (Å²) in [4.78, 5) is 13.6. The third-order valence-corrected chi connectivity index (χ3v) is 3.73. The maximum atomic E-state index is 11.8. The van der Waals surface area contributed by atoms with Crippen molar-refractivity contribution in [3.8, 4) is 0 Å². The second-order valence-electron chi connectivity index (χ2n) is 5.37. The number of carbonyl (C=O) groups excluding carboxylic acids is 1. The normalized spacial score (nSPS) is 32.6. The highest BCUT2D eigenvalue weighted by Crippen LogP contribution is 2.37. The smallest absolute Gasteiger partial charge is 0.239 e. The van der Waals surface area contributed by atoms with Crippen LogP contribution in [-0.4, -0.2) is 41.1 Å². The van der Waals surface area contributed by atoms with Crippen molar-refractivity contribution in [1.29, 1.82) is 0 Å². The van der Waals surface area contributed by atoms with Gasteiger partial charge < -0.3 is 15.7 Å². The van der Waals surface area contributed by atoms with Crippen molar-refractivity contribution in [1.82, 2.24) is 4.90 Å². The van der Waals surface area contributed by atoms with Gasteiger partial charge in [-0.2, -0.15) is 0 Å². The number of piperidine rings is 1. The SMILES string of the molecule is C[C@H](N)C(=O)N1CC[C@H](O)[C@@H](CC2CC2)C1. The zero-order valence-corrected chi connectivity index (χ0v) is 9.93. The first kappa shape index (κ1) is 11.9. The molecule has 2 fully saturated rings. The molecule has 1 saturated carbocycles. The first-order valence-electron chi connectivity index (χ1n) is 6.30. The van der Waals surface area contributed by atoms with E-state index in [1.165, 1.54) is 12.8 Å². The van der Waals surface area contributed by atoms with Gasteiger partial charge in [0, 0.05) is 19.0 Å². The summed E-state index contributed by atoms with van der Waals surface area (Å²) >= 11 is 0. The summed E-state index contributed by atoms with van der Waals surface area (Å²) in [5.74, 6) is 1.08. The van der Waals surface area contributed by atoms with Crippen LogP contribution in [0.3, 0.4) is 0 Å². The van der Waals surface area contributed by atoms with Gasteiger partial charge in [0.1, 0.15) is 0 Å². The van der Waals surface area contributed by atoms with Crippen molar-refractivity contribution < 1.29 is 9.90 Å². The molecule has 1 aliphatic heterocycles. The highest BCUT2D eigenvalue weighted by molar-refractivity contribution is 5.81. The Morgan fingerprint density at radius 3 is 2.75 bits per heavy atom. The number of hydrogen-bond donors (Lipinski definition) is 2. The van der Waals surface area contributed by atoms with Gasteiger partial charge in [-0.05, 0) is 25.7 Å². The molecule has 1 heterocycles. The van der Waals surface area contributed by atoms with E-state index in [1.807, 2.05) is 4.90 Å². The number of nitrogens with two attached hydrogens (primary N) is 1. The Kier molecular flexibility index (Phi) is 3.50. The third kappa shape index (κ3) is 2.74. The molecule has 92 valence electrons. The Morgan fingerprint density at radius 1 is 1.50 bits per heavy atom. The largest absolute Gasteiger partial charge is 0.393 e. The van der Waals surface area contributed by atoms with E-state index in [4.69, 9.17) is 5.73 Å². The minimum atomic E-state index is -0.420. The van der Waals surface area contributed by atoms with Gasteiger partial charge in [0.05, 0.1) is 12.1 Å². The van der Waals surface area contributed by atoms with Crippen LogP contribution in [0.2, 0.25) is 0 Å². The molecule has 4 nitrogen and oxygen atoms in total. The molecule has 0 unspecified atom stereocenters. The van der Waals surface area contributed by atoms with Gasteiger partial charge in [-0.15, -0.1) is 0 Å². The molecule has 3 N–H and O–H groups in total. The zero-order valence-electron chi connectivity index (χ0n) is 9.93. The lowest BCUT2D eigenvalue weighted by molar-refractivity contribution is -0.136. The molecular weight excluding hydrogens is 204 g/mol. The molecule has 0 aromatic carbocycles. The lowest BCUT2D eigenvalue weighted by Gasteiger charge is -2.37. The Hall–Kier alpha value is -0.610. The van der Waals surface area contributed by atoms with E-state index >= 15 is 0 Å². The predicted molar refractivity (Wildman–Crippen MR) is 61.7 cm³/mol. The van der Waals surface area contributed by atoms with Crippen molar-refractivity contribution in [2.75, 3.05) is 13.1 Å². The highest BCUT2D eigenvalue weighted by atomic mass is 16.3. The van der Waals surface area contributed by atoms with Gasteiger partial charge in [-0.3, -0.25) is 4.79 Å². The van der Waals surface area contributed by atoms with Crippen molar-refractivity contribution >= 4 is 5.91 Å². The molecule has 3 atom stereocenters. The van der Waals surface area contributed by atoms with Crippen LogP contribution in [-0.2, 0) is 4.79 Å². The summed E-state index contributed by atoms with van der Waals surface area (Å²) in [5, 5.41) is 9.91. The second kappa shape index (κ2) is 4.72. The molecule has 2 rings (SSSR count). The van der Waals surface area contributed by atoms with Gasteiger partial charge in [0.15, 0.2) is 0 Å². The molecule has 2 aliphatic rings. The summed E-state index contributed by atoms with van der Waals surface area (Å²) in [5.41, 5.74) is 5.61. The summed E-state index contributed by atoms with van der Waals surface area (Å²) < 4.78 is 0. The van der Waals surface area contributed by atoms with E-state index in [2.05, 4.69) is 0 Å². The van der Waals surface area contributed by atoms with E-state index in [0.29, 0.717) is 19.5 Å². The molecule has 0 aromatic heterocycles. The minimum absolute atomic E-state index is 0.0210. The van der Waals surface area contributed by atoms with E-state index in [9.17, 15) is 9.90 Å². The molecular formula is C12H22N2O2. The van der Waals surface area contributed by atoms with Gasteiger partial charge in [-0.25, -0.2) is 0 Å². The number of carbonyl (C=O) groups is 1. The Labute approximate surface area is 96.8 Å². The van der Waals surface area contributed by atoms with Crippen molar-refractivity contribution in [3.05, 3.63) is 0 Å². The Morgan fingerprint density at radius 2 is 2.19 bits per heavy atom. The molecule has 16 heavy (non-hydrogen) atoms. The van der Waals surface area contributed by atoms with Crippen LogP contribution in [0.4, 0.5) is 0 Å².